The third kappa shape index (κ3) is 14.4. The number of benzene rings is 2. The third-order valence-electron chi connectivity index (χ3n) is 14.0. The zero-order valence-corrected chi connectivity index (χ0v) is 45.0. The minimum Gasteiger partial charge on any atom is -0.489 e. The standard InChI is InChI=1S/C54H68ClF3N8O7S/c1-32(35-13-15-36(16-14-35)44-33(2)61-31-74-44)62-47(70)42-25-38(67)29-66(42)48(71)45(51(3,4)5)63-43(68)30-72-24-23-65(22-20-54(56,57)58)21-10-11-34-12-19-41(60-28-34)46(69)64-49-52(6,7)50(53(49,8)9)73-39-18-17-37(27-59)40(55)26-39/h12-19,26,28,31-32,38,42,45,49-50,67H,10-11,20-25,29-30H2,1-9H3,(H,62,70)(H,63,68)(H,64,69)/t32-,38+,42-,45+,49-,50-/m0/s1. The molecule has 1 saturated heterocycles. The first kappa shape index (κ1) is 57.6. The lowest BCUT2D eigenvalue weighted by Crippen LogP contribution is -2.74. The Morgan fingerprint density at radius 2 is 1.70 bits per heavy atom. The number of ether oxygens (including phenoxy) is 2. The van der Waals surface area contributed by atoms with E-state index in [2.05, 4.69) is 25.9 Å². The fraction of sp³-hybridized carbons (Fsp3) is 0.537. The first-order valence-electron chi connectivity index (χ1n) is 24.8. The van der Waals surface area contributed by atoms with Gasteiger partial charge in [-0.2, -0.15) is 18.4 Å². The van der Waals surface area contributed by atoms with Crippen LogP contribution in [0.5, 0.6) is 5.75 Å². The largest absolute Gasteiger partial charge is 0.489 e. The number of nitriles is 1. The fourth-order valence-corrected chi connectivity index (χ4v) is 11.2. The van der Waals surface area contributed by atoms with Crippen molar-refractivity contribution in [1.82, 2.24) is 35.7 Å². The van der Waals surface area contributed by atoms with Crippen molar-refractivity contribution in [3.63, 3.8) is 0 Å². The van der Waals surface area contributed by atoms with Crippen LogP contribution < -0.4 is 20.7 Å². The topological polar surface area (TPSA) is 199 Å². The predicted molar refractivity (Wildman–Crippen MR) is 276 cm³/mol. The van der Waals surface area contributed by atoms with Crippen molar-refractivity contribution in [2.24, 2.45) is 16.2 Å². The van der Waals surface area contributed by atoms with Crippen LogP contribution in [0.2, 0.25) is 5.02 Å². The number of pyridine rings is 1. The molecule has 2 fully saturated rings. The number of rotatable bonds is 21. The molecule has 0 radical (unpaired) electrons. The van der Waals surface area contributed by atoms with Crippen molar-refractivity contribution in [2.45, 2.75) is 131 Å². The maximum atomic E-state index is 14.2. The fourth-order valence-electron chi connectivity index (χ4n) is 10.2. The number of carbonyl (C=O) groups excluding carboxylic acids is 4. The highest BCUT2D eigenvalue weighted by Gasteiger charge is 2.64. The summed E-state index contributed by atoms with van der Waals surface area (Å²) in [6.45, 7) is 16.5. The van der Waals surface area contributed by atoms with Crippen LogP contribution >= 0.6 is 22.9 Å². The number of thiazole rings is 1. The molecule has 4 aromatic rings. The van der Waals surface area contributed by atoms with Gasteiger partial charge >= 0.3 is 6.18 Å². The molecule has 6 rings (SSSR count). The van der Waals surface area contributed by atoms with E-state index in [1.54, 1.807) is 79.0 Å². The number of aliphatic hydroxyl groups excluding tert-OH is 1. The van der Waals surface area contributed by atoms with E-state index >= 15 is 0 Å². The van der Waals surface area contributed by atoms with Gasteiger partial charge < -0.3 is 40.3 Å². The number of aliphatic hydroxyl groups is 1. The molecule has 0 bridgehead atoms. The van der Waals surface area contributed by atoms with Crippen LogP contribution in [0.4, 0.5) is 13.2 Å². The van der Waals surface area contributed by atoms with E-state index in [1.807, 2.05) is 71.9 Å². The van der Waals surface area contributed by atoms with E-state index in [-0.39, 0.29) is 63.0 Å². The van der Waals surface area contributed by atoms with Crippen LogP contribution in [0, 0.1) is 34.5 Å². The molecule has 20 heteroatoms. The Labute approximate surface area is 440 Å². The van der Waals surface area contributed by atoms with E-state index < -0.39 is 77.4 Å². The number of aryl methyl sites for hydroxylation is 2. The average Bonchev–Trinajstić information content (AvgIpc) is 3.96. The van der Waals surface area contributed by atoms with Gasteiger partial charge in [-0.05, 0) is 73.5 Å². The number of nitrogens with zero attached hydrogens (tertiary/aromatic N) is 5. The zero-order chi connectivity index (χ0) is 54.3. The Bertz CT molecular complexity index is 2640. The average molecular weight is 1070 g/mol. The van der Waals surface area contributed by atoms with Crippen LogP contribution in [0.15, 0.2) is 66.3 Å². The van der Waals surface area contributed by atoms with E-state index in [9.17, 15) is 42.7 Å². The summed E-state index contributed by atoms with van der Waals surface area (Å²) in [6, 6.07) is 15.3. The second-order valence-electron chi connectivity index (χ2n) is 21.6. The van der Waals surface area contributed by atoms with Crippen molar-refractivity contribution in [1.29, 1.82) is 5.26 Å². The van der Waals surface area contributed by atoms with Gasteiger partial charge in [0.25, 0.3) is 5.91 Å². The van der Waals surface area contributed by atoms with Gasteiger partial charge in [0.15, 0.2) is 0 Å². The zero-order valence-electron chi connectivity index (χ0n) is 43.4. The Kier molecular flexibility index (Phi) is 18.6. The summed E-state index contributed by atoms with van der Waals surface area (Å²) in [4.78, 5) is 67.3. The molecule has 15 nitrogen and oxygen atoms in total. The van der Waals surface area contributed by atoms with Crippen LogP contribution in [0.1, 0.15) is 114 Å². The number of hydrogen-bond donors (Lipinski definition) is 4. The van der Waals surface area contributed by atoms with Gasteiger partial charge in [-0.25, -0.2) is 4.98 Å². The van der Waals surface area contributed by atoms with E-state index in [0.29, 0.717) is 29.2 Å². The summed E-state index contributed by atoms with van der Waals surface area (Å²) in [5, 5.41) is 29.0. The molecule has 4 amide bonds. The molecule has 4 N–H and O–H groups in total. The Balaban J connectivity index is 0.964. The molecule has 0 spiro atoms. The molecule has 1 aliphatic carbocycles. The van der Waals surface area contributed by atoms with Gasteiger partial charge in [-0.15, -0.1) is 11.3 Å². The molecule has 4 atom stereocenters. The summed E-state index contributed by atoms with van der Waals surface area (Å²) in [7, 11) is 0. The van der Waals surface area contributed by atoms with E-state index in [4.69, 9.17) is 21.1 Å². The summed E-state index contributed by atoms with van der Waals surface area (Å²) in [6.07, 6.45) is -4.12. The monoisotopic (exact) mass is 1060 g/mol. The number of hydrogen-bond acceptors (Lipinski definition) is 12. The molecule has 400 valence electrons. The number of amides is 4. The number of carbonyl (C=O) groups is 4. The summed E-state index contributed by atoms with van der Waals surface area (Å²) >= 11 is 7.78. The minimum absolute atomic E-state index is 0.0196. The van der Waals surface area contributed by atoms with Crippen molar-refractivity contribution >= 4 is 46.6 Å². The molecule has 1 aliphatic heterocycles. The summed E-state index contributed by atoms with van der Waals surface area (Å²) in [5.41, 5.74) is 4.15. The maximum Gasteiger partial charge on any atom is 0.390 e. The smallest absolute Gasteiger partial charge is 0.390 e. The highest BCUT2D eigenvalue weighted by molar-refractivity contribution is 7.13. The lowest BCUT2D eigenvalue weighted by molar-refractivity contribution is -0.164. The van der Waals surface area contributed by atoms with E-state index in [0.717, 1.165) is 27.3 Å². The molecule has 3 heterocycles. The van der Waals surface area contributed by atoms with E-state index in [1.165, 1.54) is 4.90 Å². The van der Waals surface area contributed by atoms with Crippen molar-refractivity contribution in [3.05, 3.63) is 99.4 Å². The molecular formula is C54H68ClF3N8O7S. The number of β-amino-alcohol motifs (C(OH)–C–C–N with tert-alkyl or cyclic N) is 1. The Morgan fingerprint density at radius 1 is 1.00 bits per heavy atom. The molecule has 1 saturated carbocycles. The van der Waals surface area contributed by atoms with Gasteiger partial charge in [0.1, 0.15) is 42.3 Å². The maximum absolute atomic E-state index is 14.2. The highest BCUT2D eigenvalue weighted by atomic mass is 35.5. The summed E-state index contributed by atoms with van der Waals surface area (Å²) in [5.74, 6) is -1.44. The number of halogens is 4. The van der Waals surface area contributed by atoms with Gasteiger partial charge in [0, 0.05) is 55.2 Å². The lowest BCUT2D eigenvalue weighted by Gasteiger charge is -2.63. The minimum atomic E-state index is -4.39. The normalized spacial score (nSPS) is 20.0. The van der Waals surface area contributed by atoms with Crippen molar-refractivity contribution in [3.8, 4) is 22.3 Å². The van der Waals surface area contributed by atoms with Crippen molar-refractivity contribution < 1.29 is 46.9 Å². The van der Waals surface area contributed by atoms with Gasteiger partial charge in [0.05, 0.1) is 51.8 Å². The van der Waals surface area contributed by atoms with Crippen LogP contribution in [-0.4, -0.2) is 124 Å². The van der Waals surface area contributed by atoms with Crippen LogP contribution in [-0.2, 0) is 25.5 Å². The summed E-state index contributed by atoms with van der Waals surface area (Å²) < 4.78 is 52.1. The molecule has 0 unspecified atom stereocenters. The number of alkyl halides is 3. The first-order chi connectivity index (χ1) is 34.7. The number of aromatic nitrogens is 2. The second-order valence-corrected chi connectivity index (χ2v) is 22.9. The van der Waals surface area contributed by atoms with Gasteiger partial charge in [-0.3, -0.25) is 24.2 Å². The van der Waals surface area contributed by atoms with Crippen LogP contribution in [0.25, 0.3) is 10.4 Å². The van der Waals surface area contributed by atoms with Crippen LogP contribution in [0.3, 0.4) is 0 Å². The second kappa shape index (κ2) is 23.9. The lowest BCUT2D eigenvalue weighted by atomic mass is 9.49. The number of nitrogens with one attached hydrogen (secondary N) is 3. The molecule has 2 aromatic heterocycles. The molecule has 2 aliphatic rings. The number of likely N-dealkylation sites (tertiary alicyclic amines) is 1. The third-order valence-corrected chi connectivity index (χ3v) is 15.3. The van der Waals surface area contributed by atoms with Gasteiger partial charge in [0.2, 0.25) is 17.7 Å². The quantitative estimate of drug-likeness (QED) is 0.0587. The predicted octanol–water partition coefficient (Wildman–Crippen LogP) is 8.22. The molecule has 74 heavy (non-hydrogen) atoms. The van der Waals surface area contributed by atoms with Gasteiger partial charge in [-0.1, -0.05) is 90.4 Å². The highest BCUT2D eigenvalue weighted by Crippen LogP contribution is 2.55. The first-order valence-corrected chi connectivity index (χ1v) is 26.0. The molecular weight excluding hydrogens is 997 g/mol. The molecule has 2 aromatic carbocycles. The SMILES string of the molecule is Cc1ncsc1-c1ccc([C@H](C)NC(=O)[C@@H]2C[C@@H](O)CN2C(=O)[C@@H](NC(=O)COCCN(CCCc2ccc(C(=O)N[C@H]3C(C)(C)[C@H](Oc4ccc(C#N)c(Cl)c4)C3(C)C)nc2)CCC(F)(F)F)C(C)(C)C)cc1. The Hall–Kier alpha value is -5.65. The van der Waals surface area contributed by atoms with Crippen molar-refractivity contribution in [2.75, 3.05) is 39.4 Å². The Morgan fingerprint density at radius 3 is 2.30 bits per heavy atom.